The van der Waals surface area contributed by atoms with E-state index in [1.165, 1.54) is 11.3 Å². The molecule has 0 atom stereocenters. The van der Waals surface area contributed by atoms with E-state index in [0.29, 0.717) is 5.69 Å². The van der Waals surface area contributed by atoms with Crippen molar-refractivity contribution in [3.05, 3.63) is 46.2 Å². The number of nitrogens with zero attached hydrogens (tertiary/aromatic N) is 1. The van der Waals surface area contributed by atoms with Crippen molar-refractivity contribution in [1.29, 1.82) is 0 Å². The first kappa shape index (κ1) is 11.3. The third-order valence-electron chi connectivity index (χ3n) is 2.03. The van der Waals surface area contributed by atoms with Crippen LogP contribution in [0.2, 0.25) is 0 Å². The quantitative estimate of drug-likeness (QED) is 0.819. The smallest absolute Gasteiger partial charge is 0.345 e. The Bertz CT molecular complexity index is 557. The molecule has 2 N–H and O–H groups in total. The predicted octanol–water partition coefficient (Wildman–Crippen LogP) is 2.90. The van der Waals surface area contributed by atoms with Gasteiger partial charge in [0.25, 0.3) is 0 Å². The largest absolute Gasteiger partial charge is 0.508 e. The lowest BCUT2D eigenvalue weighted by molar-refractivity contribution is 0.0702. The topological polar surface area (TPSA) is 69.9 Å². The van der Waals surface area contributed by atoms with Crippen LogP contribution in [0, 0.1) is 0 Å². The van der Waals surface area contributed by atoms with Crippen LogP contribution in [0.5, 0.6) is 5.75 Å². The monoisotopic (exact) mass is 247 g/mol. The van der Waals surface area contributed by atoms with Gasteiger partial charge in [0, 0.05) is 11.1 Å². The van der Waals surface area contributed by atoms with Crippen molar-refractivity contribution in [2.45, 2.75) is 0 Å². The van der Waals surface area contributed by atoms with Crippen molar-refractivity contribution in [3.63, 3.8) is 0 Å². The van der Waals surface area contributed by atoms with E-state index in [2.05, 4.69) is 4.99 Å². The molecule has 0 bridgehead atoms. The number of aliphatic imine (C=N–C) groups is 1. The van der Waals surface area contributed by atoms with Crippen LogP contribution < -0.4 is 0 Å². The molecule has 2 rings (SSSR count). The Morgan fingerprint density at radius 2 is 1.88 bits per heavy atom. The summed E-state index contributed by atoms with van der Waals surface area (Å²) in [5, 5.41) is 17.8. The summed E-state index contributed by atoms with van der Waals surface area (Å²) in [4.78, 5) is 15.9. The van der Waals surface area contributed by atoms with E-state index >= 15 is 0 Å². The number of carbonyl (C=O) groups is 1. The Morgan fingerprint density at radius 1 is 1.18 bits per heavy atom. The van der Waals surface area contributed by atoms with Gasteiger partial charge in [0.15, 0.2) is 0 Å². The van der Waals surface area contributed by atoms with Crippen LogP contribution in [0.4, 0.5) is 5.69 Å². The summed E-state index contributed by atoms with van der Waals surface area (Å²) in [5.41, 5.74) is 0.702. The molecule has 0 fully saturated rings. The first-order chi connectivity index (χ1) is 8.15. The van der Waals surface area contributed by atoms with Gasteiger partial charge in [-0.05, 0) is 36.4 Å². The third-order valence-corrected chi connectivity index (χ3v) is 3.04. The molecule has 0 aliphatic rings. The standard InChI is InChI=1S/C12H9NO3S/c14-9-3-1-8(2-4-9)13-7-10-5-6-11(17-10)12(15)16/h1-7,14H,(H,15,16). The van der Waals surface area contributed by atoms with E-state index in [1.807, 2.05) is 0 Å². The van der Waals surface area contributed by atoms with Gasteiger partial charge >= 0.3 is 5.97 Å². The predicted molar refractivity (Wildman–Crippen MR) is 66.6 cm³/mol. The molecule has 0 saturated carbocycles. The summed E-state index contributed by atoms with van der Waals surface area (Å²) in [5.74, 6) is -0.743. The van der Waals surface area contributed by atoms with Gasteiger partial charge in [0.2, 0.25) is 0 Å². The lowest BCUT2D eigenvalue weighted by atomic mass is 10.3. The van der Waals surface area contributed by atoms with Crippen LogP contribution in [-0.2, 0) is 0 Å². The van der Waals surface area contributed by atoms with Gasteiger partial charge in [-0.2, -0.15) is 0 Å². The van der Waals surface area contributed by atoms with Crippen molar-refractivity contribution in [2.24, 2.45) is 4.99 Å². The van der Waals surface area contributed by atoms with Crippen LogP contribution in [0.15, 0.2) is 41.4 Å². The summed E-state index contributed by atoms with van der Waals surface area (Å²) in [7, 11) is 0. The van der Waals surface area contributed by atoms with Crippen LogP contribution in [0.1, 0.15) is 14.5 Å². The van der Waals surface area contributed by atoms with E-state index in [0.717, 1.165) is 4.88 Å². The zero-order chi connectivity index (χ0) is 12.3. The minimum absolute atomic E-state index is 0.188. The Hall–Kier alpha value is -2.14. The molecular formula is C12H9NO3S. The highest BCUT2D eigenvalue weighted by Gasteiger charge is 2.04. The van der Waals surface area contributed by atoms with Crippen molar-refractivity contribution in [2.75, 3.05) is 0 Å². The fourth-order valence-electron chi connectivity index (χ4n) is 1.21. The number of aromatic hydroxyl groups is 1. The normalized spacial score (nSPS) is 10.8. The minimum atomic E-state index is -0.931. The van der Waals surface area contributed by atoms with Crippen molar-refractivity contribution in [1.82, 2.24) is 0 Å². The number of benzene rings is 1. The number of aromatic carboxylic acids is 1. The fourth-order valence-corrected chi connectivity index (χ4v) is 1.93. The highest BCUT2D eigenvalue weighted by molar-refractivity contribution is 7.15. The second kappa shape index (κ2) is 4.80. The molecule has 0 amide bonds. The molecular weight excluding hydrogens is 238 g/mol. The minimum Gasteiger partial charge on any atom is -0.508 e. The molecule has 0 aliphatic carbocycles. The van der Waals surface area contributed by atoms with Crippen molar-refractivity contribution < 1.29 is 15.0 Å². The second-order valence-electron chi connectivity index (χ2n) is 3.28. The summed E-state index contributed by atoms with van der Waals surface area (Å²) >= 11 is 1.17. The molecule has 1 aromatic carbocycles. The first-order valence-corrected chi connectivity index (χ1v) is 5.63. The molecule has 0 aliphatic heterocycles. The number of hydrogen-bond donors (Lipinski definition) is 2. The van der Waals surface area contributed by atoms with E-state index in [-0.39, 0.29) is 10.6 Å². The molecule has 1 heterocycles. The molecule has 2 aromatic rings. The molecule has 1 aromatic heterocycles. The summed E-state index contributed by atoms with van der Waals surface area (Å²) in [6.45, 7) is 0. The van der Waals surface area contributed by atoms with Crippen LogP contribution in [-0.4, -0.2) is 22.4 Å². The number of hydrogen-bond acceptors (Lipinski definition) is 4. The maximum atomic E-state index is 10.7. The van der Waals surface area contributed by atoms with E-state index in [9.17, 15) is 4.79 Å². The molecule has 17 heavy (non-hydrogen) atoms. The van der Waals surface area contributed by atoms with Crippen LogP contribution in [0.25, 0.3) is 0 Å². The molecule has 86 valence electrons. The van der Waals surface area contributed by atoms with Gasteiger partial charge in [0.05, 0.1) is 5.69 Å². The van der Waals surface area contributed by atoms with Gasteiger partial charge in [-0.15, -0.1) is 11.3 Å². The Kier molecular flexibility index (Phi) is 3.20. The van der Waals surface area contributed by atoms with E-state index in [4.69, 9.17) is 10.2 Å². The molecule has 0 spiro atoms. The van der Waals surface area contributed by atoms with E-state index < -0.39 is 5.97 Å². The maximum Gasteiger partial charge on any atom is 0.345 e. The highest BCUT2D eigenvalue weighted by Crippen LogP contribution is 2.18. The number of carboxylic acid groups (broad SMARTS) is 1. The Balaban J connectivity index is 2.14. The van der Waals surface area contributed by atoms with Gasteiger partial charge in [-0.3, -0.25) is 4.99 Å². The third kappa shape index (κ3) is 2.92. The lowest BCUT2D eigenvalue weighted by Crippen LogP contribution is -1.89. The average molecular weight is 247 g/mol. The van der Waals surface area contributed by atoms with Crippen LogP contribution >= 0.6 is 11.3 Å². The summed E-state index contributed by atoms with van der Waals surface area (Å²) < 4.78 is 0. The highest BCUT2D eigenvalue weighted by atomic mass is 32.1. The second-order valence-corrected chi connectivity index (χ2v) is 4.40. The molecule has 0 unspecified atom stereocenters. The van der Waals surface area contributed by atoms with Gasteiger partial charge in [-0.1, -0.05) is 0 Å². The first-order valence-electron chi connectivity index (χ1n) is 4.81. The summed E-state index contributed by atoms with van der Waals surface area (Å²) in [6, 6.07) is 9.70. The van der Waals surface area contributed by atoms with Gasteiger partial charge in [-0.25, -0.2) is 4.79 Å². The van der Waals surface area contributed by atoms with Gasteiger partial charge < -0.3 is 10.2 Å². The Labute approximate surface area is 102 Å². The SMILES string of the molecule is O=C(O)c1ccc(C=Nc2ccc(O)cc2)s1. The molecule has 0 radical (unpaired) electrons. The lowest BCUT2D eigenvalue weighted by Gasteiger charge is -1.92. The average Bonchev–Trinajstić information content (AvgIpc) is 2.77. The zero-order valence-corrected chi connectivity index (χ0v) is 9.52. The number of phenols is 1. The zero-order valence-electron chi connectivity index (χ0n) is 8.70. The maximum absolute atomic E-state index is 10.7. The fraction of sp³-hybridized carbons (Fsp3) is 0. The number of carboxylic acids is 1. The number of thiophene rings is 1. The molecule has 0 saturated heterocycles. The number of phenolic OH excluding ortho intramolecular Hbond substituents is 1. The van der Waals surface area contributed by atoms with E-state index in [1.54, 1.807) is 42.6 Å². The molecule has 5 heteroatoms. The molecule has 4 nitrogen and oxygen atoms in total. The van der Waals surface area contributed by atoms with Crippen molar-refractivity contribution >= 4 is 29.2 Å². The van der Waals surface area contributed by atoms with Crippen LogP contribution in [0.3, 0.4) is 0 Å². The Morgan fingerprint density at radius 3 is 2.47 bits per heavy atom. The van der Waals surface area contributed by atoms with Crippen molar-refractivity contribution in [3.8, 4) is 5.75 Å². The van der Waals surface area contributed by atoms with Gasteiger partial charge in [0.1, 0.15) is 10.6 Å². The number of rotatable bonds is 3. The summed E-state index contributed by atoms with van der Waals surface area (Å²) in [6.07, 6.45) is 1.60.